The van der Waals surface area contributed by atoms with Crippen LogP contribution >= 0.6 is 7.82 Å². The third-order valence-corrected chi connectivity index (χ3v) is 15.0. The number of likely N-dealkylation sites (N-methyl/N-ethyl adjacent to an activating group) is 1. The minimum absolute atomic E-state index is 0.0217. The number of carbonyl (C=O) groups excluding carboxylic acids is 2. The summed E-state index contributed by atoms with van der Waals surface area (Å²) >= 11 is 0. The summed E-state index contributed by atoms with van der Waals surface area (Å²) in [6.45, 7) is 6.85. The molecule has 0 saturated heterocycles. The minimum Gasteiger partial charge on any atom is -0.756 e. The number of ether oxygens (including phenoxy) is 1. The molecule has 3 unspecified atom stereocenters. The van der Waals surface area contributed by atoms with E-state index >= 15 is 0 Å². The second-order valence-corrected chi connectivity index (χ2v) is 24.0. The second-order valence-electron chi connectivity index (χ2n) is 22.6. The number of rotatable bonds is 57. The number of hydrogen-bond donors (Lipinski definition) is 1. The maximum absolute atomic E-state index is 13.5. The largest absolute Gasteiger partial charge is 0.756 e. The van der Waals surface area contributed by atoms with Crippen LogP contribution in [0.2, 0.25) is 0 Å². The zero-order valence-corrected chi connectivity index (χ0v) is 50.0. The first-order valence-corrected chi connectivity index (χ1v) is 32.8. The normalized spacial score (nSPS) is 13.9. The highest BCUT2D eigenvalue weighted by molar-refractivity contribution is 7.45. The van der Waals surface area contributed by atoms with Crippen molar-refractivity contribution >= 4 is 19.7 Å². The molecule has 1 amide bonds. The van der Waals surface area contributed by atoms with E-state index < -0.39 is 20.0 Å². The van der Waals surface area contributed by atoms with Crippen molar-refractivity contribution in [3.05, 3.63) is 36.5 Å². The van der Waals surface area contributed by atoms with E-state index in [0.29, 0.717) is 17.4 Å². The summed E-state index contributed by atoms with van der Waals surface area (Å²) in [6.07, 6.45) is 63.9. The van der Waals surface area contributed by atoms with Crippen LogP contribution in [0, 0.1) is 0 Å². The molecule has 0 aromatic heterocycles. The second kappa shape index (κ2) is 53.6. The van der Waals surface area contributed by atoms with Gasteiger partial charge in [-0.2, -0.15) is 0 Å². The van der Waals surface area contributed by atoms with Gasteiger partial charge in [-0.1, -0.05) is 244 Å². The van der Waals surface area contributed by atoms with Crippen LogP contribution in [0.1, 0.15) is 303 Å². The van der Waals surface area contributed by atoms with E-state index in [9.17, 15) is 19.0 Å². The molecule has 0 aromatic carbocycles. The average Bonchev–Trinajstić information content (AvgIpc) is 3.35. The Hall–Kier alpha value is -1.77. The minimum atomic E-state index is -4.70. The molecule has 0 bridgehead atoms. The molecule has 73 heavy (non-hydrogen) atoms. The average molecular weight is 1050 g/mol. The molecule has 0 aliphatic rings. The highest BCUT2D eigenvalue weighted by Gasteiger charge is 2.27. The molecule has 3 atom stereocenters. The van der Waals surface area contributed by atoms with Gasteiger partial charge in [0.05, 0.1) is 33.8 Å². The van der Waals surface area contributed by atoms with Crippen molar-refractivity contribution in [3.63, 3.8) is 0 Å². The zero-order chi connectivity index (χ0) is 53.6. The van der Waals surface area contributed by atoms with Crippen LogP contribution in [-0.2, 0) is 27.9 Å². The summed E-state index contributed by atoms with van der Waals surface area (Å²) in [4.78, 5) is 40.0. The highest BCUT2D eigenvalue weighted by atomic mass is 31.2. The molecule has 9 nitrogen and oxygen atoms in total. The molecule has 0 aromatic rings. The van der Waals surface area contributed by atoms with Crippen molar-refractivity contribution < 1.29 is 37.3 Å². The van der Waals surface area contributed by atoms with Gasteiger partial charge in [0.25, 0.3) is 7.82 Å². The molecular weight excluding hydrogens is 928 g/mol. The first-order chi connectivity index (χ1) is 35.4. The Morgan fingerprint density at radius 3 is 1.18 bits per heavy atom. The van der Waals surface area contributed by atoms with Gasteiger partial charge in [-0.3, -0.25) is 14.2 Å². The van der Waals surface area contributed by atoms with Crippen LogP contribution in [0.15, 0.2) is 36.5 Å². The van der Waals surface area contributed by atoms with Crippen LogP contribution in [0.4, 0.5) is 0 Å². The molecule has 10 heteroatoms. The van der Waals surface area contributed by atoms with Gasteiger partial charge in [-0.05, 0) is 83.1 Å². The van der Waals surface area contributed by atoms with E-state index in [-0.39, 0.29) is 31.5 Å². The maximum Gasteiger partial charge on any atom is 0.306 e. The van der Waals surface area contributed by atoms with Crippen molar-refractivity contribution in [2.45, 2.75) is 315 Å². The molecule has 430 valence electrons. The molecule has 0 saturated carbocycles. The monoisotopic (exact) mass is 1050 g/mol. The lowest BCUT2D eigenvalue weighted by molar-refractivity contribution is -0.870. The van der Waals surface area contributed by atoms with Gasteiger partial charge in [0.1, 0.15) is 19.3 Å². The van der Waals surface area contributed by atoms with E-state index in [4.69, 9.17) is 13.8 Å². The van der Waals surface area contributed by atoms with Crippen LogP contribution in [0.3, 0.4) is 0 Å². The van der Waals surface area contributed by atoms with Gasteiger partial charge in [0, 0.05) is 12.8 Å². The Kier molecular flexibility index (Phi) is 52.3. The number of allylic oxidation sites excluding steroid dienone is 5. The number of carbonyl (C=O) groups is 2. The van der Waals surface area contributed by atoms with Gasteiger partial charge < -0.3 is 28.5 Å². The van der Waals surface area contributed by atoms with E-state index in [2.05, 4.69) is 50.4 Å². The Morgan fingerprint density at radius 1 is 0.466 bits per heavy atom. The number of nitrogens with one attached hydrogen (secondary N) is 1. The smallest absolute Gasteiger partial charge is 0.306 e. The Labute approximate surface area is 453 Å². The summed E-state index contributed by atoms with van der Waals surface area (Å²) in [5.41, 5.74) is 0. The topological polar surface area (TPSA) is 114 Å². The Morgan fingerprint density at radius 2 is 0.795 bits per heavy atom. The van der Waals surface area contributed by atoms with Crippen molar-refractivity contribution in [3.8, 4) is 0 Å². The van der Waals surface area contributed by atoms with E-state index in [1.54, 1.807) is 0 Å². The van der Waals surface area contributed by atoms with Crippen LogP contribution < -0.4 is 10.2 Å². The highest BCUT2D eigenvalue weighted by Crippen LogP contribution is 2.38. The predicted octanol–water partition coefficient (Wildman–Crippen LogP) is 18.5. The number of quaternary nitrogens is 1. The van der Waals surface area contributed by atoms with Gasteiger partial charge >= 0.3 is 5.97 Å². The third-order valence-electron chi connectivity index (χ3n) is 14.0. The number of unbranched alkanes of at least 4 members (excludes halogenated alkanes) is 37. The van der Waals surface area contributed by atoms with Crippen molar-refractivity contribution in [2.75, 3.05) is 40.9 Å². The number of hydrogen-bond acceptors (Lipinski definition) is 7. The van der Waals surface area contributed by atoms with Gasteiger partial charge in [0.2, 0.25) is 5.91 Å². The van der Waals surface area contributed by atoms with Crippen LogP contribution in [-0.4, -0.2) is 69.4 Å². The molecule has 1 N–H and O–H groups in total. The van der Waals surface area contributed by atoms with Crippen LogP contribution in [0.25, 0.3) is 0 Å². The molecule has 0 radical (unpaired) electrons. The summed E-state index contributed by atoms with van der Waals surface area (Å²) < 4.78 is 30.3. The molecule has 0 aliphatic heterocycles. The molecule has 0 aliphatic carbocycles. The van der Waals surface area contributed by atoms with Crippen LogP contribution in [0.5, 0.6) is 0 Å². The van der Waals surface area contributed by atoms with E-state index in [0.717, 1.165) is 70.6 Å². The first kappa shape index (κ1) is 71.2. The lowest BCUT2D eigenvalue weighted by Gasteiger charge is -2.30. The molecule has 0 fully saturated rings. The van der Waals surface area contributed by atoms with Crippen molar-refractivity contribution in [1.29, 1.82) is 0 Å². The number of phosphoric acid groups is 1. The zero-order valence-electron chi connectivity index (χ0n) is 49.1. The van der Waals surface area contributed by atoms with E-state index in [1.807, 2.05) is 33.3 Å². The van der Waals surface area contributed by atoms with Gasteiger partial charge in [0.15, 0.2) is 0 Å². The summed E-state index contributed by atoms with van der Waals surface area (Å²) in [7, 11) is 1.19. The third kappa shape index (κ3) is 54.8. The fourth-order valence-electron chi connectivity index (χ4n) is 9.16. The standard InChI is InChI=1S/C63H121N2O7P/c1-7-10-13-16-19-22-25-28-30-31-32-33-35-37-40-43-46-49-52-55-62(66)64-60(59-71-73(68,69)70-58-57-65(4,5)6)61(54-51-48-45-42-39-36-27-24-21-18-15-12-9-3)72-63(67)56-53-50-47-44-41-38-34-29-26-23-20-17-14-11-8-2/h23,26,28,30,51,54,60-61H,7-22,24-25,27,29,31-50,52-53,55-59H2,1-6H3,(H-,64,66,68,69)/b26-23-,30-28+,54-51-. The lowest BCUT2D eigenvalue weighted by Crippen LogP contribution is -2.47. The van der Waals surface area contributed by atoms with Gasteiger partial charge in [-0.25, -0.2) is 0 Å². The predicted molar refractivity (Wildman–Crippen MR) is 312 cm³/mol. The fraction of sp³-hybridized carbons (Fsp3) is 0.873. The Bertz CT molecular complexity index is 1350. The summed E-state index contributed by atoms with van der Waals surface area (Å²) in [5.74, 6) is -0.537. The Balaban J connectivity index is 5.26. The van der Waals surface area contributed by atoms with Crippen molar-refractivity contribution in [2.24, 2.45) is 0 Å². The maximum atomic E-state index is 13.5. The molecule has 0 heterocycles. The molecular formula is C63H121N2O7P. The lowest BCUT2D eigenvalue weighted by atomic mass is 10.0. The molecule has 0 spiro atoms. The van der Waals surface area contributed by atoms with E-state index in [1.165, 1.54) is 199 Å². The number of esters is 1. The van der Waals surface area contributed by atoms with Gasteiger partial charge in [-0.15, -0.1) is 0 Å². The van der Waals surface area contributed by atoms with Crippen molar-refractivity contribution in [1.82, 2.24) is 5.32 Å². The number of nitrogens with zero attached hydrogens (tertiary/aromatic N) is 1. The first-order valence-electron chi connectivity index (χ1n) is 31.3. The quantitative estimate of drug-likeness (QED) is 0.0212. The molecule has 0 rings (SSSR count). The number of phosphoric ester groups is 1. The SMILES string of the molecule is CCCCCC/C=C\CCCCCCCCCC(=O)OC(/C=C\CCCCCCCCCCCCC)C(COP(=O)([O-])OCC[N+](C)(C)C)NC(=O)CCCCCCCCCCC/C=C/CCCCCCCC. The summed E-state index contributed by atoms with van der Waals surface area (Å²) in [6, 6.07) is -0.888. The summed E-state index contributed by atoms with van der Waals surface area (Å²) in [5, 5.41) is 3.03. The fourth-order valence-corrected chi connectivity index (χ4v) is 9.88. The number of amides is 1.